The highest BCUT2D eigenvalue weighted by atomic mass is 32.2. The molecule has 0 radical (unpaired) electrons. The van der Waals surface area contributed by atoms with Crippen LogP contribution in [0.3, 0.4) is 0 Å². The van der Waals surface area contributed by atoms with Crippen molar-refractivity contribution in [3.05, 3.63) is 55.0 Å². The molecule has 120 valence electrons. The highest BCUT2D eigenvalue weighted by Gasteiger charge is 2.16. The molecule has 9 heteroatoms. The van der Waals surface area contributed by atoms with Crippen molar-refractivity contribution in [2.45, 2.75) is 24.9 Å². The topological polar surface area (TPSA) is 94.7 Å². The molecule has 0 aliphatic rings. The lowest BCUT2D eigenvalue weighted by Gasteiger charge is -2.07. The molecule has 0 aliphatic heterocycles. The molecule has 0 fully saturated rings. The Hall–Kier alpha value is -2.52. The van der Waals surface area contributed by atoms with Crippen LogP contribution in [0.2, 0.25) is 0 Å². The van der Waals surface area contributed by atoms with Crippen molar-refractivity contribution in [3.8, 4) is 5.82 Å². The third kappa shape index (κ3) is 3.46. The summed E-state index contributed by atoms with van der Waals surface area (Å²) in [6, 6.07) is 3.57. The average molecular weight is 332 g/mol. The predicted octanol–water partition coefficient (Wildman–Crippen LogP) is 0.962. The van der Waals surface area contributed by atoms with Gasteiger partial charge < -0.3 is 0 Å². The molecule has 23 heavy (non-hydrogen) atoms. The van der Waals surface area contributed by atoms with Crippen molar-refractivity contribution < 1.29 is 8.42 Å². The maximum Gasteiger partial charge on any atom is 0.243 e. The van der Waals surface area contributed by atoms with Crippen LogP contribution in [0.15, 0.2) is 54.3 Å². The summed E-state index contributed by atoms with van der Waals surface area (Å²) in [5.41, 5.74) is 0.801. The lowest BCUT2D eigenvalue weighted by molar-refractivity contribution is 0.580. The largest absolute Gasteiger partial charge is 0.291 e. The van der Waals surface area contributed by atoms with E-state index in [4.69, 9.17) is 0 Å². The van der Waals surface area contributed by atoms with Crippen LogP contribution in [0.4, 0.5) is 0 Å². The standard InChI is InChI=1S/C14H16N6O2S/c1-2-20-10-13(9-17-20)23(21,22)18-8-12-3-4-16-14(7-12)19-6-5-15-11-19/h3-7,9-11,18H,2,8H2,1H3. The van der Waals surface area contributed by atoms with Crippen molar-refractivity contribution in [1.29, 1.82) is 0 Å². The van der Waals surface area contributed by atoms with Crippen molar-refractivity contribution in [1.82, 2.24) is 29.0 Å². The van der Waals surface area contributed by atoms with Gasteiger partial charge in [-0.1, -0.05) is 0 Å². The van der Waals surface area contributed by atoms with Gasteiger partial charge in [-0.05, 0) is 24.6 Å². The van der Waals surface area contributed by atoms with E-state index in [1.54, 1.807) is 46.3 Å². The Balaban J connectivity index is 1.74. The van der Waals surface area contributed by atoms with Crippen LogP contribution in [-0.4, -0.2) is 32.7 Å². The smallest absolute Gasteiger partial charge is 0.243 e. The summed E-state index contributed by atoms with van der Waals surface area (Å²) in [6.07, 6.45) is 9.54. The van der Waals surface area contributed by atoms with E-state index in [1.165, 1.54) is 12.4 Å². The van der Waals surface area contributed by atoms with Crippen LogP contribution >= 0.6 is 0 Å². The molecular formula is C14H16N6O2S. The number of aromatic nitrogens is 5. The summed E-state index contributed by atoms with van der Waals surface area (Å²) in [5, 5.41) is 3.98. The lowest BCUT2D eigenvalue weighted by atomic mass is 10.2. The normalized spacial score (nSPS) is 11.7. The Morgan fingerprint density at radius 1 is 1.30 bits per heavy atom. The molecule has 0 aromatic carbocycles. The van der Waals surface area contributed by atoms with Gasteiger partial charge >= 0.3 is 0 Å². The molecule has 0 bridgehead atoms. The number of imidazole rings is 1. The molecule has 3 heterocycles. The molecule has 8 nitrogen and oxygen atoms in total. The Kier molecular flexibility index (Phi) is 4.22. The first-order valence-electron chi connectivity index (χ1n) is 7.04. The van der Waals surface area contributed by atoms with E-state index < -0.39 is 10.0 Å². The second-order valence-electron chi connectivity index (χ2n) is 4.85. The van der Waals surface area contributed by atoms with Gasteiger partial charge in [-0.2, -0.15) is 5.10 Å². The van der Waals surface area contributed by atoms with Gasteiger partial charge in [0, 0.05) is 37.9 Å². The highest BCUT2D eigenvalue weighted by Crippen LogP contribution is 2.10. The second kappa shape index (κ2) is 6.31. The molecule has 0 saturated carbocycles. The van der Waals surface area contributed by atoms with E-state index in [-0.39, 0.29) is 11.4 Å². The fourth-order valence-corrected chi connectivity index (χ4v) is 2.99. The molecule has 0 unspecified atom stereocenters. The van der Waals surface area contributed by atoms with E-state index in [0.717, 1.165) is 5.56 Å². The molecule has 3 aromatic heterocycles. The first-order chi connectivity index (χ1) is 11.1. The average Bonchev–Trinajstić information content (AvgIpc) is 3.24. The van der Waals surface area contributed by atoms with Crippen molar-refractivity contribution in [3.63, 3.8) is 0 Å². The van der Waals surface area contributed by atoms with Gasteiger partial charge in [0.15, 0.2) is 0 Å². The zero-order valence-corrected chi connectivity index (χ0v) is 13.3. The summed E-state index contributed by atoms with van der Waals surface area (Å²) in [4.78, 5) is 8.35. The maximum absolute atomic E-state index is 12.3. The lowest BCUT2D eigenvalue weighted by Crippen LogP contribution is -2.23. The predicted molar refractivity (Wildman–Crippen MR) is 83.3 cm³/mol. The summed E-state index contributed by atoms with van der Waals surface area (Å²) in [6.45, 7) is 2.68. The Morgan fingerprint density at radius 2 is 2.17 bits per heavy atom. The monoisotopic (exact) mass is 332 g/mol. The van der Waals surface area contributed by atoms with Crippen molar-refractivity contribution in [2.24, 2.45) is 0 Å². The molecule has 3 aromatic rings. The summed E-state index contributed by atoms with van der Waals surface area (Å²) >= 11 is 0. The fraction of sp³-hybridized carbons (Fsp3) is 0.214. The minimum atomic E-state index is -3.59. The Morgan fingerprint density at radius 3 is 2.87 bits per heavy atom. The second-order valence-corrected chi connectivity index (χ2v) is 6.62. The molecule has 0 aliphatic carbocycles. The van der Waals surface area contributed by atoms with Gasteiger partial charge in [0.2, 0.25) is 10.0 Å². The Bertz CT molecular complexity index is 886. The number of pyridine rings is 1. The number of hydrogen-bond acceptors (Lipinski definition) is 5. The van der Waals surface area contributed by atoms with Crippen LogP contribution in [0.25, 0.3) is 5.82 Å². The maximum atomic E-state index is 12.3. The highest BCUT2D eigenvalue weighted by molar-refractivity contribution is 7.89. The van der Waals surface area contributed by atoms with Crippen LogP contribution in [0.1, 0.15) is 12.5 Å². The van der Waals surface area contributed by atoms with Gasteiger partial charge in [-0.3, -0.25) is 9.25 Å². The van der Waals surface area contributed by atoms with Gasteiger partial charge in [-0.15, -0.1) is 0 Å². The Labute approximate surface area is 133 Å². The van der Waals surface area contributed by atoms with E-state index in [0.29, 0.717) is 12.4 Å². The molecule has 0 amide bonds. The first-order valence-corrected chi connectivity index (χ1v) is 8.52. The number of aryl methyl sites for hydroxylation is 1. The first kappa shape index (κ1) is 15.4. The number of nitrogens with zero attached hydrogens (tertiary/aromatic N) is 5. The number of rotatable bonds is 6. The third-order valence-corrected chi connectivity index (χ3v) is 4.64. The van der Waals surface area contributed by atoms with E-state index in [1.807, 2.05) is 6.92 Å². The summed E-state index contributed by atoms with van der Waals surface area (Å²) in [7, 11) is -3.59. The van der Waals surface area contributed by atoms with Crippen molar-refractivity contribution in [2.75, 3.05) is 0 Å². The van der Waals surface area contributed by atoms with E-state index in [9.17, 15) is 8.42 Å². The molecule has 3 rings (SSSR count). The van der Waals surface area contributed by atoms with Crippen LogP contribution in [0, 0.1) is 0 Å². The SMILES string of the molecule is CCn1cc(S(=O)(=O)NCc2ccnc(-n3ccnc3)c2)cn1. The van der Waals surface area contributed by atoms with E-state index >= 15 is 0 Å². The number of nitrogens with one attached hydrogen (secondary N) is 1. The van der Waals surface area contributed by atoms with Crippen LogP contribution in [0.5, 0.6) is 0 Å². The van der Waals surface area contributed by atoms with Gasteiger partial charge in [0.1, 0.15) is 17.0 Å². The molecule has 0 saturated heterocycles. The number of sulfonamides is 1. The van der Waals surface area contributed by atoms with E-state index in [2.05, 4.69) is 19.8 Å². The zero-order chi connectivity index (χ0) is 16.3. The third-order valence-electron chi connectivity index (χ3n) is 3.29. The van der Waals surface area contributed by atoms with Gasteiger partial charge in [-0.25, -0.2) is 23.1 Å². The van der Waals surface area contributed by atoms with Gasteiger partial charge in [0.05, 0.1) is 6.20 Å². The molecule has 0 spiro atoms. The van der Waals surface area contributed by atoms with Crippen LogP contribution in [-0.2, 0) is 23.1 Å². The summed E-state index contributed by atoms with van der Waals surface area (Å²) in [5.74, 6) is 0.679. The molecular weight excluding hydrogens is 316 g/mol. The fourth-order valence-electron chi connectivity index (χ4n) is 2.02. The quantitative estimate of drug-likeness (QED) is 0.725. The zero-order valence-electron chi connectivity index (χ0n) is 12.5. The molecule has 1 N–H and O–H groups in total. The van der Waals surface area contributed by atoms with Crippen molar-refractivity contribution >= 4 is 10.0 Å². The van der Waals surface area contributed by atoms with Crippen LogP contribution < -0.4 is 4.72 Å². The van der Waals surface area contributed by atoms with Gasteiger partial charge in [0.25, 0.3) is 0 Å². The number of hydrogen-bond donors (Lipinski definition) is 1. The minimum absolute atomic E-state index is 0.156. The minimum Gasteiger partial charge on any atom is -0.291 e. The summed E-state index contributed by atoms with van der Waals surface area (Å²) < 4.78 is 30.4. The molecule has 0 atom stereocenters.